The van der Waals surface area contributed by atoms with E-state index >= 15 is 0 Å². The van der Waals surface area contributed by atoms with Crippen molar-refractivity contribution in [3.05, 3.63) is 28.2 Å². The van der Waals surface area contributed by atoms with Gasteiger partial charge in [0.15, 0.2) is 6.61 Å². The summed E-state index contributed by atoms with van der Waals surface area (Å²) < 4.78 is 5.45. The number of nitrogens with one attached hydrogen (secondary N) is 2. The lowest BCUT2D eigenvalue weighted by molar-refractivity contribution is -0.121. The predicted octanol–water partition coefficient (Wildman–Crippen LogP) is 2.17. The number of carbonyl (C=O) groups excluding carboxylic acids is 2. The van der Waals surface area contributed by atoms with Crippen molar-refractivity contribution in [2.45, 2.75) is 26.8 Å². The highest BCUT2D eigenvalue weighted by molar-refractivity contribution is 7.11. The van der Waals surface area contributed by atoms with Crippen molar-refractivity contribution in [2.24, 2.45) is 0 Å². The Morgan fingerprint density at radius 1 is 1.32 bits per heavy atom. The molecule has 0 aliphatic carbocycles. The molecule has 1 aromatic heterocycles. The van der Waals surface area contributed by atoms with Crippen LogP contribution in [0.25, 0.3) is 0 Å². The first-order valence-corrected chi connectivity index (χ1v) is 8.85. The normalized spacial score (nSPS) is 13.2. The number of urea groups is 1. The average molecular weight is 361 g/mol. The summed E-state index contributed by atoms with van der Waals surface area (Å²) in [4.78, 5) is 25.5. The highest BCUT2D eigenvalue weighted by Crippen LogP contribution is 2.34. The summed E-state index contributed by atoms with van der Waals surface area (Å²) in [5.41, 5.74) is 1.30. The molecule has 0 saturated heterocycles. The first kappa shape index (κ1) is 17.2. The number of carbonyl (C=O) groups is 2. The monoisotopic (exact) mass is 361 g/mol. The minimum absolute atomic E-state index is 0.00724. The van der Waals surface area contributed by atoms with Gasteiger partial charge in [0.25, 0.3) is 5.91 Å². The number of benzene rings is 1. The van der Waals surface area contributed by atoms with Crippen LogP contribution in [0.4, 0.5) is 16.2 Å². The van der Waals surface area contributed by atoms with E-state index in [9.17, 15) is 9.59 Å². The fraction of sp³-hybridized carbons (Fsp3) is 0.375. The third-order valence-corrected chi connectivity index (χ3v) is 4.76. The van der Waals surface area contributed by atoms with Gasteiger partial charge < -0.3 is 20.3 Å². The van der Waals surface area contributed by atoms with Gasteiger partial charge in [0.1, 0.15) is 15.8 Å². The zero-order valence-electron chi connectivity index (χ0n) is 14.0. The summed E-state index contributed by atoms with van der Waals surface area (Å²) in [5.74, 6) is 0.507. The standard InChI is InChI=1S/C16H19N5O3S/c1-3-13-19-20-14(25-13)8-17-16(23)18-10-5-6-11-12(7-10)24-9-15(22)21(11)4-2/h5-7H,3-4,8-9H2,1-2H3,(H2,17,18,23). The van der Waals surface area contributed by atoms with E-state index in [1.807, 2.05) is 13.8 Å². The molecular weight excluding hydrogens is 342 g/mol. The van der Waals surface area contributed by atoms with Gasteiger partial charge in [-0.25, -0.2) is 4.79 Å². The Morgan fingerprint density at radius 2 is 2.12 bits per heavy atom. The van der Waals surface area contributed by atoms with Crippen molar-refractivity contribution < 1.29 is 14.3 Å². The van der Waals surface area contributed by atoms with E-state index in [1.165, 1.54) is 11.3 Å². The number of hydrogen-bond acceptors (Lipinski definition) is 6. The van der Waals surface area contributed by atoms with E-state index in [0.717, 1.165) is 16.4 Å². The van der Waals surface area contributed by atoms with Gasteiger partial charge in [0.2, 0.25) is 0 Å². The quantitative estimate of drug-likeness (QED) is 0.851. The molecule has 0 unspecified atom stereocenters. The lowest BCUT2D eigenvalue weighted by atomic mass is 10.2. The molecule has 2 aromatic rings. The summed E-state index contributed by atoms with van der Waals surface area (Å²) in [7, 11) is 0. The van der Waals surface area contributed by atoms with Crippen molar-refractivity contribution in [3.63, 3.8) is 0 Å². The topological polar surface area (TPSA) is 96.5 Å². The third-order valence-electron chi connectivity index (χ3n) is 3.69. The molecule has 2 N–H and O–H groups in total. The van der Waals surface area contributed by atoms with Crippen LogP contribution in [0.3, 0.4) is 0 Å². The number of hydrogen-bond donors (Lipinski definition) is 2. The Labute approximate surface area is 149 Å². The van der Waals surface area contributed by atoms with Crippen LogP contribution in [0.5, 0.6) is 5.75 Å². The molecule has 0 atom stereocenters. The molecule has 1 aromatic carbocycles. The molecule has 25 heavy (non-hydrogen) atoms. The van der Waals surface area contributed by atoms with Gasteiger partial charge in [-0.15, -0.1) is 10.2 Å². The Bertz CT molecular complexity index is 792. The molecule has 1 aliphatic heterocycles. The van der Waals surface area contributed by atoms with Crippen LogP contribution in [0.2, 0.25) is 0 Å². The summed E-state index contributed by atoms with van der Waals surface area (Å²) in [6, 6.07) is 4.88. The minimum atomic E-state index is -0.340. The van der Waals surface area contributed by atoms with Gasteiger partial charge in [-0.05, 0) is 25.5 Å². The fourth-order valence-corrected chi connectivity index (χ4v) is 3.19. The largest absolute Gasteiger partial charge is 0.481 e. The first-order chi connectivity index (χ1) is 12.1. The maximum absolute atomic E-state index is 12.0. The lowest BCUT2D eigenvalue weighted by Crippen LogP contribution is -2.38. The zero-order chi connectivity index (χ0) is 17.8. The van der Waals surface area contributed by atoms with Gasteiger partial charge in [0, 0.05) is 18.3 Å². The number of rotatable bonds is 5. The predicted molar refractivity (Wildman–Crippen MR) is 95.1 cm³/mol. The van der Waals surface area contributed by atoms with Crippen molar-refractivity contribution in [1.82, 2.24) is 15.5 Å². The van der Waals surface area contributed by atoms with Crippen LogP contribution in [-0.4, -0.2) is 35.3 Å². The molecule has 0 bridgehead atoms. The average Bonchev–Trinajstić information content (AvgIpc) is 3.08. The lowest BCUT2D eigenvalue weighted by Gasteiger charge is -2.28. The van der Waals surface area contributed by atoms with Gasteiger partial charge >= 0.3 is 6.03 Å². The van der Waals surface area contributed by atoms with Gasteiger partial charge in [-0.2, -0.15) is 0 Å². The number of aromatic nitrogens is 2. The van der Waals surface area contributed by atoms with Crippen LogP contribution in [0.15, 0.2) is 18.2 Å². The summed E-state index contributed by atoms with van der Waals surface area (Å²) in [6.07, 6.45) is 0.830. The Morgan fingerprint density at radius 3 is 2.84 bits per heavy atom. The van der Waals surface area contributed by atoms with E-state index in [1.54, 1.807) is 23.1 Å². The summed E-state index contributed by atoms with van der Waals surface area (Å²) in [6.45, 7) is 4.82. The van der Waals surface area contributed by atoms with Crippen LogP contribution in [0, 0.1) is 0 Å². The molecule has 3 rings (SSSR count). The van der Waals surface area contributed by atoms with Crippen molar-refractivity contribution >= 4 is 34.6 Å². The molecule has 9 heteroatoms. The third kappa shape index (κ3) is 3.87. The maximum Gasteiger partial charge on any atom is 0.319 e. The second-order valence-electron chi connectivity index (χ2n) is 5.36. The highest BCUT2D eigenvalue weighted by Gasteiger charge is 2.24. The molecule has 0 radical (unpaired) electrons. The molecule has 0 spiro atoms. The van der Waals surface area contributed by atoms with Crippen LogP contribution in [0.1, 0.15) is 23.9 Å². The highest BCUT2D eigenvalue weighted by atomic mass is 32.1. The van der Waals surface area contributed by atoms with Crippen LogP contribution >= 0.6 is 11.3 Å². The Balaban J connectivity index is 1.61. The zero-order valence-corrected chi connectivity index (χ0v) is 14.9. The van der Waals surface area contributed by atoms with E-state index in [0.29, 0.717) is 30.2 Å². The van der Waals surface area contributed by atoms with Crippen LogP contribution < -0.4 is 20.3 Å². The van der Waals surface area contributed by atoms with E-state index in [4.69, 9.17) is 4.74 Å². The van der Waals surface area contributed by atoms with Gasteiger partial charge in [-0.3, -0.25) is 4.79 Å². The second kappa shape index (κ2) is 7.47. The number of amides is 3. The number of fused-ring (bicyclic) bond motifs is 1. The first-order valence-electron chi connectivity index (χ1n) is 8.04. The molecule has 132 valence electrons. The van der Waals surface area contributed by atoms with Crippen molar-refractivity contribution in [2.75, 3.05) is 23.4 Å². The maximum atomic E-state index is 12.0. The number of nitrogens with zero attached hydrogens (tertiary/aromatic N) is 3. The Kier molecular flexibility index (Phi) is 5.13. The SMILES string of the molecule is CCc1nnc(CNC(=O)Nc2ccc3c(c2)OCC(=O)N3CC)s1. The van der Waals surface area contributed by atoms with Crippen molar-refractivity contribution in [1.29, 1.82) is 0 Å². The molecule has 2 heterocycles. The van der Waals surface area contributed by atoms with Gasteiger partial charge in [-0.1, -0.05) is 18.3 Å². The molecule has 1 aliphatic rings. The molecular formula is C16H19N5O3S. The van der Waals surface area contributed by atoms with Gasteiger partial charge in [0.05, 0.1) is 12.2 Å². The van der Waals surface area contributed by atoms with E-state index in [2.05, 4.69) is 20.8 Å². The summed E-state index contributed by atoms with van der Waals surface area (Å²) in [5, 5.41) is 15.2. The molecule has 3 amide bonds. The summed E-state index contributed by atoms with van der Waals surface area (Å²) >= 11 is 1.48. The fourth-order valence-electron chi connectivity index (χ4n) is 2.46. The number of ether oxygens (including phenoxy) is 1. The van der Waals surface area contributed by atoms with Crippen LogP contribution in [-0.2, 0) is 17.8 Å². The van der Waals surface area contributed by atoms with E-state index < -0.39 is 0 Å². The smallest absolute Gasteiger partial charge is 0.319 e. The Hall–Kier alpha value is -2.68. The van der Waals surface area contributed by atoms with Crippen molar-refractivity contribution in [3.8, 4) is 5.75 Å². The second-order valence-corrected chi connectivity index (χ2v) is 6.51. The molecule has 0 fully saturated rings. The molecule has 0 saturated carbocycles. The molecule has 8 nitrogen and oxygen atoms in total. The van der Waals surface area contributed by atoms with E-state index in [-0.39, 0.29) is 18.5 Å². The number of anilines is 2. The number of likely N-dealkylation sites (N-methyl/N-ethyl adjacent to an activating group) is 1. The minimum Gasteiger partial charge on any atom is -0.481 e. The number of aryl methyl sites for hydroxylation is 1.